The van der Waals surface area contributed by atoms with Gasteiger partial charge in [-0.3, -0.25) is 0 Å². The van der Waals surface area contributed by atoms with Crippen molar-refractivity contribution in [2.45, 2.75) is 6.92 Å². The highest BCUT2D eigenvalue weighted by Gasteiger charge is 2.01. The predicted octanol–water partition coefficient (Wildman–Crippen LogP) is -0.105. The largest absolute Gasteiger partial charge is 0.546 e. The van der Waals surface area contributed by atoms with E-state index in [0.29, 0.717) is 11.3 Å². The van der Waals surface area contributed by atoms with Gasteiger partial charge in [-0.1, -0.05) is 12.1 Å². The van der Waals surface area contributed by atoms with Crippen LogP contribution < -0.4 is 15.3 Å². The first-order valence-electron chi connectivity index (χ1n) is 5.51. The summed E-state index contributed by atoms with van der Waals surface area (Å²) in [5.41, 5.74) is 2.66. The molecule has 1 rings (SSSR count). The zero-order valence-electron chi connectivity index (χ0n) is 10.3. The number of ether oxygens (including phenoxy) is 2. The van der Waals surface area contributed by atoms with Crippen molar-refractivity contribution in [2.75, 3.05) is 13.2 Å². The molecule has 0 saturated carbocycles. The Morgan fingerprint density at radius 2 is 2.16 bits per heavy atom. The molecule has 102 valence electrons. The normalized spacial score (nSPS) is 10.2. The van der Waals surface area contributed by atoms with E-state index in [1.165, 1.54) is 6.21 Å². The summed E-state index contributed by atoms with van der Waals surface area (Å²) in [6, 6.07) is 6.63. The maximum atomic E-state index is 11.0. The summed E-state index contributed by atoms with van der Waals surface area (Å²) in [5, 5.41) is 14.0. The molecule has 1 N–H and O–H groups in total. The van der Waals surface area contributed by atoms with Crippen molar-refractivity contribution in [1.29, 1.82) is 0 Å². The Morgan fingerprint density at radius 1 is 1.42 bits per heavy atom. The van der Waals surface area contributed by atoms with Crippen LogP contribution in [-0.2, 0) is 9.53 Å². The van der Waals surface area contributed by atoms with Crippen LogP contribution in [0, 0.1) is 0 Å². The van der Waals surface area contributed by atoms with Crippen LogP contribution in [-0.4, -0.2) is 31.5 Å². The van der Waals surface area contributed by atoms with Gasteiger partial charge in [0.15, 0.2) is 0 Å². The first kappa shape index (κ1) is 14.5. The Hall–Kier alpha value is -2.57. The first-order chi connectivity index (χ1) is 9.13. The number of nitrogens with one attached hydrogen (secondary N) is 1. The number of hydrazone groups is 1. The number of hydrogen-bond donors (Lipinski definition) is 1. The van der Waals surface area contributed by atoms with Crippen LogP contribution in [0.1, 0.15) is 12.5 Å². The minimum absolute atomic E-state index is 0.243. The Bertz CT molecular complexity index is 473. The van der Waals surface area contributed by atoms with Crippen LogP contribution >= 0.6 is 0 Å². The maximum absolute atomic E-state index is 11.0. The lowest BCUT2D eigenvalue weighted by atomic mass is 10.2. The fraction of sp³-hybridized carbons (Fsp3) is 0.250. The van der Waals surface area contributed by atoms with E-state index >= 15 is 0 Å². The molecule has 0 aliphatic rings. The van der Waals surface area contributed by atoms with Crippen LogP contribution in [0.3, 0.4) is 0 Å². The highest BCUT2D eigenvalue weighted by atomic mass is 16.5. The van der Waals surface area contributed by atoms with Gasteiger partial charge in [-0.15, -0.1) is 0 Å². The number of rotatable bonds is 6. The number of carboxylic acids is 1. The van der Waals surface area contributed by atoms with Crippen molar-refractivity contribution in [3.05, 3.63) is 29.8 Å². The molecule has 7 nitrogen and oxygen atoms in total. The monoisotopic (exact) mass is 265 g/mol. The van der Waals surface area contributed by atoms with E-state index in [4.69, 9.17) is 4.74 Å². The summed E-state index contributed by atoms with van der Waals surface area (Å²) in [6.45, 7) is 1.36. The van der Waals surface area contributed by atoms with E-state index in [9.17, 15) is 14.7 Å². The number of para-hydroxylation sites is 1. The van der Waals surface area contributed by atoms with E-state index in [0.717, 1.165) is 0 Å². The molecule has 0 fully saturated rings. The number of nitrogens with zero attached hydrogens (tertiary/aromatic N) is 1. The molecule has 19 heavy (non-hydrogen) atoms. The summed E-state index contributed by atoms with van der Waals surface area (Å²) in [5.74, 6) is -1.00. The number of amides is 1. The van der Waals surface area contributed by atoms with Gasteiger partial charge in [0.2, 0.25) is 0 Å². The van der Waals surface area contributed by atoms with Gasteiger partial charge < -0.3 is 19.4 Å². The summed E-state index contributed by atoms with van der Waals surface area (Å²) >= 11 is 0. The van der Waals surface area contributed by atoms with Crippen molar-refractivity contribution in [1.82, 2.24) is 5.43 Å². The zero-order valence-corrected chi connectivity index (χ0v) is 10.3. The van der Waals surface area contributed by atoms with Crippen LogP contribution in [0.5, 0.6) is 5.75 Å². The van der Waals surface area contributed by atoms with Crippen molar-refractivity contribution in [3.63, 3.8) is 0 Å². The fourth-order valence-electron chi connectivity index (χ4n) is 1.17. The second-order valence-corrected chi connectivity index (χ2v) is 3.29. The van der Waals surface area contributed by atoms with Gasteiger partial charge in [0.25, 0.3) is 0 Å². The molecule has 7 heteroatoms. The van der Waals surface area contributed by atoms with Crippen LogP contribution in [0.2, 0.25) is 0 Å². The average Bonchev–Trinajstić information content (AvgIpc) is 2.38. The van der Waals surface area contributed by atoms with Crippen molar-refractivity contribution in [2.24, 2.45) is 5.10 Å². The van der Waals surface area contributed by atoms with Crippen molar-refractivity contribution < 1.29 is 24.2 Å². The van der Waals surface area contributed by atoms with Crippen molar-refractivity contribution >= 4 is 18.3 Å². The molecule has 1 aromatic carbocycles. The smallest absolute Gasteiger partial charge is 0.427 e. The number of hydrogen-bond acceptors (Lipinski definition) is 6. The standard InChI is InChI=1S/C12H14N2O5/c1-2-18-12(17)14-13-7-9-5-3-4-6-10(9)19-8-11(15)16/h3-7H,2,8H2,1H3,(H,14,17)(H,15,16)/p-1/b13-7-. The van der Waals surface area contributed by atoms with Gasteiger partial charge in [0.1, 0.15) is 12.4 Å². The Morgan fingerprint density at radius 3 is 2.84 bits per heavy atom. The number of carbonyl (C=O) groups excluding carboxylic acids is 2. The predicted molar refractivity (Wildman–Crippen MR) is 64.7 cm³/mol. The zero-order chi connectivity index (χ0) is 14.1. The highest BCUT2D eigenvalue weighted by molar-refractivity contribution is 5.84. The Kier molecular flexibility index (Phi) is 5.87. The molecule has 1 aromatic rings. The molecule has 0 atom stereocenters. The molecule has 0 spiro atoms. The minimum atomic E-state index is -1.32. The molecule has 0 radical (unpaired) electrons. The molecule has 0 saturated heterocycles. The minimum Gasteiger partial charge on any atom is -0.546 e. The molecule has 0 aliphatic heterocycles. The lowest BCUT2D eigenvalue weighted by molar-refractivity contribution is -0.307. The lowest BCUT2D eigenvalue weighted by Crippen LogP contribution is -2.29. The summed E-state index contributed by atoms with van der Waals surface area (Å²) in [7, 11) is 0. The number of benzene rings is 1. The Labute approximate surface area is 109 Å². The Balaban J connectivity index is 2.64. The van der Waals surface area contributed by atoms with Gasteiger partial charge in [0, 0.05) is 5.56 Å². The van der Waals surface area contributed by atoms with E-state index in [-0.39, 0.29) is 6.61 Å². The fourth-order valence-corrected chi connectivity index (χ4v) is 1.17. The van der Waals surface area contributed by atoms with Gasteiger partial charge in [-0.25, -0.2) is 10.2 Å². The third-order valence-corrected chi connectivity index (χ3v) is 1.90. The third-order valence-electron chi connectivity index (χ3n) is 1.90. The number of carbonyl (C=O) groups is 2. The number of carboxylic acid groups (broad SMARTS) is 1. The van der Waals surface area contributed by atoms with Crippen LogP contribution in [0.25, 0.3) is 0 Å². The number of aliphatic carboxylic acids is 1. The molecular weight excluding hydrogens is 252 g/mol. The van der Waals surface area contributed by atoms with Gasteiger partial charge in [-0.2, -0.15) is 5.10 Å². The quantitative estimate of drug-likeness (QED) is 0.571. The van der Waals surface area contributed by atoms with E-state index in [2.05, 4.69) is 15.3 Å². The van der Waals surface area contributed by atoms with Crippen LogP contribution in [0.15, 0.2) is 29.4 Å². The average molecular weight is 265 g/mol. The summed E-state index contributed by atoms with van der Waals surface area (Å²) in [4.78, 5) is 21.3. The van der Waals surface area contributed by atoms with Crippen LogP contribution in [0.4, 0.5) is 4.79 Å². The molecular formula is C12H13N2O5-. The second kappa shape index (κ2) is 7.70. The van der Waals surface area contributed by atoms with Crippen molar-refractivity contribution in [3.8, 4) is 5.75 Å². The SMILES string of the molecule is CCOC(=O)N/N=C\c1ccccc1OCC(=O)[O-]. The van der Waals surface area contributed by atoms with E-state index < -0.39 is 18.7 Å². The highest BCUT2D eigenvalue weighted by Crippen LogP contribution is 2.15. The molecule has 0 aliphatic carbocycles. The third kappa shape index (κ3) is 5.53. The van der Waals surface area contributed by atoms with Gasteiger partial charge in [-0.05, 0) is 19.1 Å². The molecule has 0 unspecified atom stereocenters. The van der Waals surface area contributed by atoms with Gasteiger partial charge >= 0.3 is 6.09 Å². The summed E-state index contributed by atoms with van der Waals surface area (Å²) in [6.07, 6.45) is 0.647. The lowest BCUT2D eigenvalue weighted by Gasteiger charge is -2.08. The molecule has 0 aromatic heterocycles. The molecule has 0 heterocycles. The molecule has 0 bridgehead atoms. The topological polar surface area (TPSA) is 100 Å². The molecule has 1 amide bonds. The van der Waals surface area contributed by atoms with E-state index in [1.54, 1.807) is 31.2 Å². The summed E-state index contributed by atoms with van der Waals surface area (Å²) < 4.78 is 9.61. The maximum Gasteiger partial charge on any atom is 0.427 e. The van der Waals surface area contributed by atoms with E-state index in [1.807, 2.05) is 0 Å². The van der Waals surface area contributed by atoms with Gasteiger partial charge in [0.05, 0.1) is 18.8 Å². The first-order valence-corrected chi connectivity index (χ1v) is 5.51. The second-order valence-electron chi connectivity index (χ2n) is 3.29.